The number of anilines is 2. The normalized spacial score (nSPS) is 16.1. The number of halogens is 2. The predicted octanol–water partition coefficient (Wildman–Crippen LogP) is 4.19. The van der Waals surface area contributed by atoms with E-state index in [2.05, 4.69) is 16.1 Å². The fourth-order valence-electron chi connectivity index (χ4n) is 5.12. The van der Waals surface area contributed by atoms with E-state index in [1.807, 2.05) is 11.1 Å². The summed E-state index contributed by atoms with van der Waals surface area (Å²) in [5, 5.41) is 29.7. The number of hydrogen-bond acceptors (Lipinski definition) is 9. The van der Waals surface area contributed by atoms with Crippen molar-refractivity contribution in [1.82, 2.24) is 10.4 Å². The number of fused-ring (bicyclic) bond motifs is 4. The lowest BCUT2D eigenvalue weighted by Crippen LogP contribution is -2.45. The molecule has 198 valence electrons. The van der Waals surface area contributed by atoms with Crippen LogP contribution in [0.15, 0.2) is 53.2 Å². The zero-order chi connectivity index (χ0) is 26.2. The number of allylic oxidation sites excluding steroid dienone is 1. The van der Waals surface area contributed by atoms with Crippen molar-refractivity contribution in [2.45, 2.75) is 25.5 Å². The van der Waals surface area contributed by atoms with E-state index in [1.54, 1.807) is 35.6 Å². The molecule has 3 aliphatic rings. The molecule has 0 spiro atoms. The minimum Gasteiger partial charge on any atom is -0.487 e. The fourth-order valence-corrected chi connectivity index (χ4v) is 6.66. The van der Waals surface area contributed by atoms with Gasteiger partial charge in [0.05, 0.1) is 29.8 Å². The first kappa shape index (κ1) is 25.1. The van der Waals surface area contributed by atoms with E-state index in [9.17, 15) is 14.6 Å². The van der Waals surface area contributed by atoms with Gasteiger partial charge in [-0.25, -0.2) is 14.8 Å². The number of ether oxygens (including phenoxy) is 1. The van der Waals surface area contributed by atoms with E-state index in [-0.39, 0.29) is 31.7 Å². The number of nitrogens with one attached hydrogen (secondary N) is 3. The molecule has 0 fully saturated rings. The van der Waals surface area contributed by atoms with Crippen LogP contribution in [0.25, 0.3) is 5.57 Å². The second-order valence-corrected chi connectivity index (χ2v) is 10.7. The first-order valence-corrected chi connectivity index (χ1v) is 13.6. The molecule has 2 aliphatic heterocycles. The molecule has 5 N–H and O–H groups in total. The van der Waals surface area contributed by atoms with Gasteiger partial charge in [-0.2, -0.15) is 0 Å². The summed E-state index contributed by atoms with van der Waals surface area (Å²) >= 11 is 8.23. The molecule has 0 unspecified atom stereocenters. The quantitative estimate of drug-likeness (QED) is 0.298. The molecular weight excluding hydrogens is 529 g/mol. The van der Waals surface area contributed by atoms with Gasteiger partial charge in [-0.1, -0.05) is 23.7 Å². The van der Waals surface area contributed by atoms with Gasteiger partial charge < -0.3 is 30.6 Å². The summed E-state index contributed by atoms with van der Waals surface area (Å²) in [6, 6.07) is 11.4. The lowest BCUT2D eigenvalue weighted by atomic mass is 9.92. The van der Waals surface area contributed by atoms with Crippen LogP contribution < -0.4 is 20.8 Å². The van der Waals surface area contributed by atoms with E-state index in [0.29, 0.717) is 24.0 Å². The van der Waals surface area contributed by atoms with Gasteiger partial charge in [-0.15, -0.1) is 11.3 Å². The molecule has 2 aromatic carbocycles. The Kier molecular flexibility index (Phi) is 6.98. The number of benzene rings is 2. The number of hydrogen-bond donors (Lipinski definition) is 5. The van der Waals surface area contributed by atoms with Gasteiger partial charge in [0, 0.05) is 28.4 Å². The maximum atomic E-state index is 13.4. The van der Waals surface area contributed by atoms with Crippen LogP contribution in [0.5, 0.6) is 5.75 Å². The summed E-state index contributed by atoms with van der Waals surface area (Å²) in [7, 11) is 0. The van der Waals surface area contributed by atoms with Crippen LogP contribution in [-0.2, 0) is 13.0 Å². The number of thiophene rings is 1. The molecular formula is C27H27ClFN5O3S. The number of aliphatic imine (C=N–C) groups is 1. The zero-order valence-corrected chi connectivity index (χ0v) is 22.0. The molecule has 0 saturated heterocycles. The summed E-state index contributed by atoms with van der Waals surface area (Å²) in [5.74, 6) is 1.00. The van der Waals surface area contributed by atoms with Gasteiger partial charge in [-0.3, -0.25) is 0 Å². The van der Waals surface area contributed by atoms with Crippen LogP contribution in [0.3, 0.4) is 0 Å². The summed E-state index contributed by atoms with van der Waals surface area (Å²) in [4.78, 5) is 5.93. The van der Waals surface area contributed by atoms with E-state index in [0.717, 1.165) is 46.2 Å². The summed E-state index contributed by atoms with van der Waals surface area (Å²) < 4.78 is 19.3. The molecule has 0 bridgehead atoms. The van der Waals surface area contributed by atoms with Crippen LogP contribution in [-0.4, -0.2) is 53.5 Å². The second kappa shape index (κ2) is 10.5. The van der Waals surface area contributed by atoms with Crippen LogP contribution >= 0.6 is 22.9 Å². The maximum Gasteiger partial charge on any atom is 0.138 e. The number of nitrogens with zero attached hydrogens (tertiary/aromatic N) is 2. The fraction of sp³-hybridized carbons (Fsp3) is 0.296. The van der Waals surface area contributed by atoms with Crippen molar-refractivity contribution in [3.8, 4) is 5.75 Å². The Hall–Kier alpha value is -3.15. The highest BCUT2D eigenvalue weighted by Crippen LogP contribution is 2.46. The average Bonchev–Trinajstić information content (AvgIpc) is 3.51. The Labute approximate surface area is 228 Å². The Bertz CT molecular complexity index is 1440. The monoisotopic (exact) mass is 555 g/mol. The van der Waals surface area contributed by atoms with Crippen molar-refractivity contribution in [1.29, 1.82) is 0 Å². The Morgan fingerprint density at radius 3 is 2.84 bits per heavy atom. The third-order valence-corrected chi connectivity index (χ3v) is 8.48. The number of hydrazine groups is 1. The third-order valence-electron chi connectivity index (χ3n) is 6.94. The highest BCUT2D eigenvalue weighted by molar-refractivity contribution is 7.18. The van der Waals surface area contributed by atoms with Gasteiger partial charge in [0.2, 0.25) is 0 Å². The van der Waals surface area contributed by atoms with Crippen molar-refractivity contribution >= 4 is 45.0 Å². The number of rotatable bonds is 7. The molecule has 3 heterocycles. The minimum absolute atomic E-state index is 0.118. The highest BCUT2D eigenvalue weighted by Gasteiger charge is 2.36. The molecule has 0 saturated carbocycles. The van der Waals surface area contributed by atoms with Crippen LogP contribution in [0, 0.1) is 5.82 Å². The van der Waals surface area contributed by atoms with Gasteiger partial charge in [0.25, 0.3) is 0 Å². The molecule has 3 aromatic rings. The minimum atomic E-state index is -0.360. The predicted molar refractivity (Wildman–Crippen MR) is 148 cm³/mol. The Morgan fingerprint density at radius 2 is 2.05 bits per heavy atom. The third kappa shape index (κ3) is 4.63. The smallest absolute Gasteiger partial charge is 0.138 e. The van der Waals surface area contributed by atoms with Crippen LogP contribution in [0.1, 0.15) is 28.0 Å². The number of aliphatic hydroxyl groups excluding tert-OH is 2. The summed E-state index contributed by atoms with van der Waals surface area (Å²) in [5.41, 5.74) is 9.52. The molecule has 0 radical (unpaired) electrons. The first-order valence-electron chi connectivity index (χ1n) is 12.4. The van der Waals surface area contributed by atoms with E-state index >= 15 is 0 Å². The largest absolute Gasteiger partial charge is 0.487 e. The lowest BCUT2D eigenvalue weighted by Gasteiger charge is -2.30. The summed E-state index contributed by atoms with van der Waals surface area (Å²) in [6.07, 6.45) is 1.64. The topological polar surface area (TPSA) is 101 Å². The van der Waals surface area contributed by atoms with Gasteiger partial charge in [0.1, 0.15) is 35.7 Å². The number of amidine groups is 1. The SMILES string of the molecule is OCC(CO)N1NCC2=C1CCc1c2sc2c1C(Nc1ccc(OCc3cccc(F)c3)c(Cl)c1)=NCN2. The molecule has 8 nitrogen and oxygen atoms in total. The maximum absolute atomic E-state index is 13.4. The molecule has 0 atom stereocenters. The second-order valence-electron chi connectivity index (χ2n) is 9.29. The van der Waals surface area contributed by atoms with E-state index in [1.165, 1.54) is 28.1 Å². The van der Waals surface area contributed by atoms with Gasteiger partial charge in [-0.05, 0) is 54.3 Å². The number of aliphatic hydroxyl groups is 2. The van der Waals surface area contributed by atoms with Crippen LogP contribution in [0.2, 0.25) is 5.02 Å². The molecule has 1 aromatic heterocycles. The molecule has 38 heavy (non-hydrogen) atoms. The van der Waals surface area contributed by atoms with Crippen molar-refractivity contribution in [3.05, 3.63) is 80.6 Å². The zero-order valence-electron chi connectivity index (χ0n) is 20.4. The molecule has 6 rings (SSSR count). The average molecular weight is 556 g/mol. The van der Waals surface area contributed by atoms with Crippen molar-refractivity contribution < 1.29 is 19.3 Å². The highest BCUT2D eigenvalue weighted by atomic mass is 35.5. The molecule has 11 heteroatoms. The van der Waals surface area contributed by atoms with Crippen molar-refractivity contribution in [2.24, 2.45) is 4.99 Å². The van der Waals surface area contributed by atoms with E-state index in [4.69, 9.17) is 21.3 Å². The van der Waals surface area contributed by atoms with Crippen LogP contribution in [0.4, 0.5) is 15.1 Å². The first-order chi connectivity index (χ1) is 18.6. The summed E-state index contributed by atoms with van der Waals surface area (Å²) in [6.45, 7) is 1.10. The molecule has 1 aliphatic carbocycles. The molecule has 0 amide bonds. The van der Waals surface area contributed by atoms with Gasteiger partial charge >= 0.3 is 0 Å². The van der Waals surface area contributed by atoms with E-state index < -0.39 is 0 Å². The van der Waals surface area contributed by atoms with Crippen molar-refractivity contribution in [3.63, 3.8) is 0 Å². The van der Waals surface area contributed by atoms with Crippen molar-refractivity contribution in [2.75, 3.05) is 37.1 Å². The van der Waals surface area contributed by atoms with Gasteiger partial charge in [0.15, 0.2) is 0 Å². The lowest BCUT2D eigenvalue weighted by molar-refractivity contribution is 0.0725. The Morgan fingerprint density at radius 1 is 1.18 bits per heavy atom. The standard InChI is InChI=1S/C27H27ClFN5O3S/c28-21-9-17(4-7-23(21)37-13-15-2-1-3-16(29)8-15)33-26-24-19-5-6-22-20(10-32-34(22)18(11-35)12-36)25(19)38-27(24)31-14-30-26/h1-4,7-9,18,31-32,35-36H,5-6,10-14H2,(H,30,33). The Balaban J connectivity index is 1.22.